The quantitative estimate of drug-likeness (QED) is 0.597. The number of methoxy groups -OCH3 is 1. The maximum absolute atomic E-state index is 5.69. The van der Waals surface area contributed by atoms with E-state index in [0.717, 1.165) is 22.7 Å². The first kappa shape index (κ1) is 12.8. The molecule has 8 nitrogen and oxygen atoms in total. The standard InChI is InChI=1S/C13H11N7OS/c1-21-8-4-2-7(3-5-8)9-6-10(16-15-9)11-17-18-13-20(11)19-12(14)22-13/h2-6H,1H3,(H2,14,19)(H,15,16). The van der Waals surface area contributed by atoms with Gasteiger partial charge in [0.05, 0.1) is 12.8 Å². The minimum atomic E-state index is 0.445. The number of nitrogen functional groups attached to an aromatic ring is 1. The largest absolute Gasteiger partial charge is 0.497 e. The number of aromatic amines is 1. The molecule has 3 heterocycles. The van der Waals surface area contributed by atoms with E-state index in [2.05, 4.69) is 25.5 Å². The monoisotopic (exact) mass is 313 g/mol. The van der Waals surface area contributed by atoms with Crippen LogP contribution in [0.1, 0.15) is 0 Å². The number of rotatable bonds is 3. The number of nitrogens with zero attached hydrogens (tertiary/aromatic N) is 5. The molecular weight excluding hydrogens is 302 g/mol. The van der Waals surface area contributed by atoms with Gasteiger partial charge < -0.3 is 10.5 Å². The first-order valence-corrected chi connectivity index (χ1v) is 7.24. The number of benzene rings is 1. The Bertz CT molecular complexity index is 937. The van der Waals surface area contributed by atoms with Gasteiger partial charge in [-0.15, -0.1) is 15.3 Å². The van der Waals surface area contributed by atoms with Crippen molar-refractivity contribution in [1.82, 2.24) is 30.0 Å². The van der Waals surface area contributed by atoms with Crippen molar-refractivity contribution in [1.29, 1.82) is 0 Å². The number of hydrogen-bond donors (Lipinski definition) is 2. The second kappa shape index (κ2) is 4.81. The van der Waals surface area contributed by atoms with Gasteiger partial charge in [0.2, 0.25) is 15.9 Å². The molecule has 22 heavy (non-hydrogen) atoms. The summed E-state index contributed by atoms with van der Waals surface area (Å²) in [5, 5.41) is 20.0. The second-order valence-electron chi connectivity index (χ2n) is 4.55. The van der Waals surface area contributed by atoms with Crippen molar-refractivity contribution in [3.05, 3.63) is 30.3 Å². The van der Waals surface area contributed by atoms with Crippen LogP contribution in [0.25, 0.3) is 27.7 Å². The zero-order chi connectivity index (χ0) is 15.1. The SMILES string of the molecule is COc1ccc(-c2cc(-c3nnc4sc(N)nn34)[nH]n2)cc1. The zero-order valence-electron chi connectivity index (χ0n) is 11.5. The fourth-order valence-corrected chi connectivity index (χ4v) is 2.75. The summed E-state index contributed by atoms with van der Waals surface area (Å²) in [5.74, 6) is 1.38. The third kappa shape index (κ3) is 1.99. The minimum absolute atomic E-state index is 0.445. The van der Waals surface area contributed by atoms with E-state index in [1.54, 1.807) is 11.6 Å². The molecule has 110 valence electrons. The van der Waals surface area contributed by atoms with E-state index in [1.165, 1.54) is 11.3 Å². The maximum Gasteiger partial charge on any atom is 0.236 e. The summed E-state index contributed by atoms with van der Waals surface area (Å²) in [7, 11) is 1.64. The Hall–Kier alpha value is -2.94. The van der Waals surface area contributed by atoms with E-state index < -0.39 is 0 Å². The predicted octanol–water partition coefficient (Wildman–Crippen LogP) is 1.83. The lowest BCUT2D eigenvalue weighted by atomic mass is 10.1. The molecule has 0 bridgehead atoms. The summed E-state index contributed by atoms with van der Waals surface area (Å²) in [4.78, 5) is 0.646. The Morgan fingerprint density at radius 3 is 2.82 bits per heavy atom. The second-order valence-corrected chi connectivity index (χ2v) is 5.54. The van der Waals surface area contributed by atoms with Gasteiger partial charge in [-0.2, -0.15) is 9.61 Å². The fourth-order valence-electron chi connectivity index (χ4n) is 2.15. The third-order valence-electron chi connectivity index (χ3n) is 3.21. The highest BCUT2D eigenvalue weighted by Crippen LogP contribution is 2.26. The van der Waals surface area contributed by atoms with E-state index in [0.29, 0.717) is 15.9 Å². The predicted molar refractivity (Wildman–Crippen MR) is 82.6 cm³/mol. The van der Waals surface area contributed by atoms with Crippen molar-refractivity contribution in [3.8, 4) is 28.5 Å². The van der Waals surface area contributed by atoms with Crippen LogP contribution in [-0.4, -0.2) is 37.1 Å². The molecule has 3 N–H and O–H groups in total. The van der Waals surface area contributed by atoms with Gasteiger partial charge in [0.1, 0.15) is 11.4 Å². The summed E-state index contributed by atoms with van der Waals surface area (Å²) in [6.45, 7) is 0. The molecule has 0 spiro atoms. The fraction of sp³-hybridized carbons (Fsp3) is 0.0769. The molecular formula is C13H11N7OS. The van der Waals surface area contributed by atoms with E-state index in [4.69, 9.17) is 10.5 Å². The summed E-state index contributed by atoms with van der Waals surface area (Å²) in [5.41, 5.74) is 8.19. The van der Waals surface area contributed by atoms with Gasteiger partial charge in [-0.25, -0.2) is 0 Å². The van der Waals surface area contributed by atoms with Crippen molar-refractivity contribution < 1.29 is 4.74 Å². The van der Waals surface area contributed by atoms with Crippen LogP contribution in [0.15, 0.2) is 30.3 Å². The van der Waals surface area contributed by atoms with Crippen LogP contribution in [0, 0.1) is 0 Å². The Kier molecular flexibility index (Phi) is 2.79. The molecule has 0 amide bonds. The number of nitrogens with one attached hydrogen (secondary N) is 1. The highest BCUT2D eigenvalue weighted by Gasteiger charge is 2.15. The molecule has 0 aliphatic rings. The third-order valence-corrected chi connectivity index (χ3v) is 3.94. The smallest absolute Gasteiger partial charge is 0.236 e. The molecule has 0 radical (unpaired) electrons. The summed E-state index contributed by atoms with van der Waals surface area (Å²) in [6.07, 6.45) is 0. The first-order chi connectivity index (χ1) is 10.7. The van der Waals surface area contributed by atoms with Crippen molar-refractivity contribution in [3.63, 3.8) is 0 Å². The lowest BCUT2D eigenvalue weighted by molar-refractivity contribution is 0.415. The Morgan fingerprint density at radius 1 is 1.23 bits per heavy atom. The molecule has 0 saturated heterocycles. The highest BCUT2D eigenvalue weighted by molar-refractivity contribution is 7.20. The van der Waals surface area contributed by atoms with Gasteiger partial charge in [0.25, 0.3) is 0 Å². The number of aromatic nitrogens is 6. The maximum atomic E-state index is 5.69. The molecule has 0 aliphatic heterocycles. The van der Waals surface area contributed by atoms with Gasteiger partial charge in [0.15, 0.2) is 0 Å². The lowest BCUT2D eigenvalue weighted by Gasteiger charge is -1.99. The van der Waals surface area contributed by atoms with Gasteiger partial charge in [-0.3, -0.25) is 5.10 Å². The number of ether oxygens (including phenoxy) is 1. The molecule has 0 unspecified atom stereocenters. The van der Waals surface area contributed by atoms with E-state index >= 15 is 0 Å². The molecule has 9 heteroatoms. The topological polar surface area (TPSA) is 107 Å². The minimum Gasteiger partial charge on any atom is -0.497 e. The molecule has 1 aromatic carbocycles. The molecule has 0 atom stereocenters. The Labute approximate surface area is 128 Å². The first-order valence-electron chi connectivity index (χ1n) is 6.42. The van der Waals surface area contributed by atoms with Crippen LogP contribution in [0.2, 0.25) is 0 Å². The van der Waals surface area contributed by atoms with Gasteiger partial charge in [0, 0.05) is 5.56 Å². The Balaban J connectivity index is 1.73. The molecule has 4 rings (SSSR count). The number of hydrogen-bond acceptors (Lipinski definition) is 7. The van der Waals surface area contributed by atoms with Gasteiger partial charge in [-0.1, -0.05) is 11.3 Å². The average molecular weight is 313 g/mol. The van der Waals surface area contributed by atoms with E-state index in [-0.39, 0.29) is 0 Å². The van der Waals surface area contributed by atoms with Crippen LogP contribution in [0.5, 0.6) is 5.75 Å². The van der Waals surface area contributed by atoms with Crippen molar-refractivity contribution in [2.45, 2.75) is 0 Å². The van der Waals surface area contributed by atoms with Crippen LogP contribution in [0.3, 0.4) is 0 Å². The lowest BCUT2D eigenvalue weighted by Crippen LogP contribution is -1.92. The van der Waals surface area contributed by atoms with E-state index in [9.17, 15) is 0 Å². The van der Waals surface area contributed by atoms with Gasteiger partial charge in [-0.05, 0) is 30.3 Å². The zero-order valence-corrected chi connectivity index (χ0v) is 12.3. The van der Waals surface area contributed by atoms with Crippen molar-refractivity contribution >= 4 is 21.4 Å². The highest BCUT2D eigenvalue weighted by atomic mass is 32.1. The average Bonchev–Trinajstić information content (AvgIpc) is 3.22. The molecule has 0 fully saturated rings. The number of fused-ring (bicyclic) bond motifs is 1. The van der Waals surface area contributed by atoms with Crippen LogP contribution >= 0.6 is 11.3 Å². The number of H-pyrrole nitrogens is 1. The van der Waals surface area contributed by atoms with Crippen molar-refractivity contribution in [2.75, 3.05) is 12.8 Å². The summed E-state index contributed by atoms with van der Waals surface area (Å²) >= 11 is 1.28. The molecule has 0 saturated carbocycles. The normalized spacial score (nSPS) is 11.1. The van der Waals surface area contributed by atoms with Gasteiger partial charge >= 0.3 is 0 Å². The van der Waals surface area contributed by atoms with E-state index in [1.807, 2.05) is 30.3 Å². The number of nitrogens with two attached hydrogens (primary N) is 1. The Morgan fingerprint density at radius 2 is 2.05 bits per heavy atom. The molecule has 0 aliphatic carbocycles. The summed E-state index contributed by atoms with van der Waals surface area (Å²) < 4.78 is 6.75. The van der Waals surface area contributed by atoms with Crippen LogP contribution < -0.4 is 10.5 Å². The molecule has 4 aromatic rings. The molecule has 3 aromatic heterocycles. The summed E-state index contributed by atoms with van der Waals surface area (Å²) in [6, 6.07) is 9.56. The van der Waals surface area contributed by atoms with Crippen LogP contribution in [-0.2, 0) is 0 Å². The van der Waals surface area contributed by atoms with Crippen LogP contribution in [0.4, 0.5) is 5.13 Å². The number of anilines is 1. The van der Waals surface area contributed by atoms with Crippen molar-refractivity contribution in [2.24, 2.45) is 0 Å².